The molecule has 0 aliphatic heterocycles. The van der Waals surface area contributed by atoms with Gasteiger partial charge >= 0.3 is 9.53 Å². The highest BCUT2D eigenvalue weighted by atomic mass is 28.5. The smallest absolute Gasteiger partial charge is 0.419 e. The highest BCUT2D eigenvalue weighted by Crippen LogP contribution is 2.21. The van der Waals surface area contributed by atoms with E-state index in [1.54, 1.807) is 0 Å². The number of hydrogen-bond donors (Lipinski definition) is 0. The summed E-state index contributed by atoms with van der Waals surface area (Å²) >= 11 is 0. The topological polar surface area (TPSA) is 40.0 Å². The fraction of sp³-hybridized carbons (Fsp3) is 0.933. The van der Waals surface area contributed by atoms with E-state index in [1.165, 1.54) is 32.1 Å². The lowest BCUT2D eigenvalue weighted by atomic mass is 9.96. The van der Waals surface area contributed by atoms with Gasteiger partial charge in [0.2, 0.25) is 8.32 Å². The zero-order chi connectivity index (χ0) is 17.7. The van der Waals surface area contributed by atoms with Gasteiger partial charge < -0.3 is 12.3 Å². The maximum Gasteiger partial charge on any atom is 0.453 e. The summed E-state index contributed by atoms with van der Waals surface area (Å²) in [6.45, 7) is 17.6. The summed E-state index contributed by atoms with van der Waals surface area (Å²) < 4.78 is 19.0. The number of aliphatic imine (C=N–C) groups is 1. The van der Waals surface area contributed by atoms with E-state index in [2.05, 4.69) is 58.2 Å². The Morgan fingerprint density at radius 2 is 1.26 bits per heavy atom. The summed E-state index contributed by atoms with van der Waals surface area (Å²) in [7, 11) is -7.40. The first-order valence-corrected chi connectivity index (χ1v) is 20.2. The molecule has 0 saturated heterocycles. The third-order valence-corrected chi connectivity index (χ3v) is 14.6. The molecular weight excluding hydrogens is 355 g/mol. The Bertz CT molecular complexity index is 369. The minimum atomic E-state index is -2.09. The van der Waals surface area contributed by atoms with Crippen molar-refractivity contribution in [3.05, 3.63) is 0 Å². The molecule has 1 fully saturated rings. The molecule has 0 atom stereocenters. The summed E-state index contributed by atoms with van der Waals surface area (Å²) in [6, 6.07) is 0.509. The molecule has 136 valence electrons. The highest BCUT2D eigenvalue weighted by Gasteiger charge is 2.35. The van der Waals surface area contributed by atoms with E-state index in [0.717, 1.165) is 0 Å². The van der Waals surface area contributed by atoms with Crippen LogP contribution < -0.4 is 0 Å². The Kier molecular flexibility index (Phi) is 8.10. The molecule has 0 unspecified atom stereocenters. The molecule has 1 saturated carbocycles. The average molecular weight is 392 g/mol. The second-order valence-corrected chi connectivity index (χ2v) is 24.4. The lowest BCUT2D eigenvalue weighted by Crippen LogP contribution is -2.51. The molecule has 0 radical (unpaired) electrons. The minimum Gasteiger partial charge on any atom is -0.419 e. The molecule has 0 spiro atoms. The van der Waals surface area contributed by atoms with Crippen molar-refractivity contribution < 1.29 is 12.3 Å². The van der Waals surface area contributed by atoms with Crippen LogP contribution in [0.5, 0.6) is 0 Å². The van der Waals surface area contributed by atoms with Gasteiger partial charge in [-0.15, -0.1) is 0 Å². The normalized spacial score (nSPS) is 19.0. The first-order valence-electron chi connectivity index (χ1n) is 8.94. The fourth-order valence-corrected chi connectivity index (χ4v) is 11.7. The van der Waals surface area contributed by atoms with Crippen LogP contribution in [0.3, 0.4) is 0 Å². The monoisotopic (exact) mass is 391 g/mol. The first kappa shape index (κ1) is 21.5. The van der Waals surface area contributed by atoms with E-state index < -0.39 is 34.5 Å². The number of rotatable bonds is 8. The zero-order valence-corrected chi connectivity index (χ0v) is 20.6. The van der Waals surface area contributed by atoms with Crippen LogP contribution in [0, 0.1) is 0 Å². The van der Waals surface area contributed by atoms with Crippen LogP contribution in [-0.4, -0.2) is 46.4 Å². The van der Waals surface area contributed by atoms with Crippen molar-refractivity contribution in [3.63, 3.8) is 0 Å². The third-order valence-electron chi connectivity index (χ3n) is 3.47. The molecule has 1 aliphatic carbocycles. The first-order chi connectivity index (χ1) is 10.4. The zero-order valence-electron chi connectivity index (χ0n) is 16.4. The Labute approximate surface area is 148 Å². The Hall–Kier alpha value is 0.418. The van der Waals surface area contributed by atoms with Crippen molar-refractivity contribution in [2.45, 2.75) is 90.5 Å². The Balaban J connectivity index is 2.68. The van der Waals surface area contributed by atoms with Crippen LogP contribution in [0.2, 0.25) is 52.4 Å². The molecule has 1 aliphatic rings. The largest absolute Gasteiger partial charge is 0.453 e. The average Bonchev–Trinajstić information content (AvgIpc) is 2.33. The summed E-state index contributed by atoms with van der Waals surface area (Å²) in [5, 5.41) is 0. The van der Waals surface area contributed by atoms with Crippen molar-refractivity contribution in [1.82, 2.24) is 0 Å². The molecule has 0 aromatic carbocycles. The second-order valence-electron chi connectivity index (χ2n) is 9.04. The van der Waals surface area contributed by atoms with Crippen LogP contribution >= 0.6 is 0 Å². The fourth-order valence-electron chi connectivity index (χ4n) is 2.44. The molecule has 0 aromatic rings. The van der Waals surface area contributed by atoms with Crippen molar-refractivity contribution in [3.8, 4) is 0 Å². The summed E-state index contributed by atoms with van der Waals surface area (Å²) in [4.78, 5) is 4.85. The molecule has 0 N–H and O–H groups in total. The van der Waals surface area contributed by atoms with E-state index in [9.17, 15) is 0 Å². The van der Waals surface area contributed by atoms with E-state index >= 15 is 0 Å². The Morgan fingerprint density at radius 3 is 1.70 bits per heavy atom. The summed E-state index contributed by atoms with van der Waals surface area (Å²) in [5.41, 5.74) is 0. The lowest BCUT2D eigenvalue weighted by molar-refractivity contribution is 0.302. The molecule has 0 amide bonds. The van der Waals surface area contributed by atoms with Gasteiger partial charge in [0, 0.05) is 11.9 Å². The van der Waals surface area contributed by atoms with Crippen molar-refractivity contribution in [2.24, 2.45) is 4.99 Å². The van der Waals surface area contributed by atoms with Crippen molar-refractivity contribution >= 4 is 40.3 Å². The second kappa shape index (κ2) is 8.68. The standard InChI is InChI=1S/C15H37NO3Si4/c1-21(2,3)17-20(18-22(4,5)6)19-23(7,8)14-16-15-12-10-9-11-13-15/h14-15,20H,9-13H2,1-8H3. The molecule has 0 bridgehead atoms. The maximum atomic E-state index is 6.43. The van der Waals surface area contributed by atoms with Gasteiger partial charge in [-0.05, 0) is 65.2 Å². The maximum absolute atomic E-state index is 6.43. The van der Waals surface area contributed by atoms with E-state index in [1.807, 2.05) is 0 Å². The molecule has 23 heavy (non-hydrogen) atoms. The van der Waals surface area contributed by atoms with E-state index in [-0.39, 0.29) is 0 Å². The SMILES string of the molecule is C[Si](C)(C)O[SiH](O[Si](C)(C)C)O[Si](C)(C)C=NC1CCCCC1. The summed E-state index contributed by atoms with van der Waals surface area (Å²) in [5.74, 6) is 2.13. The van der Waals surface area contributed by atoms with Crippen LogP contribution in [0.25, 0.3) is 0 Å². The van der Waals surface area contributed by atoms with Crippen LogP contribution in [0.15, 0.2) is 4.99 Å². The minimum absolute atomic E-state index is 0.509. The molecule has 8 heteroatoms. The molecule has 0 aromatic heterocycles. The lowest BCUT2D eigenvalue weighted by Gasteiger charge is -2.33. The van der Waals surface area contributed by atoms with Gasteiger partial charge in [0.25, 0.3) is 0 Å². The molecule has 1 rings (SSSR count). The van der Waals surface area contributed by atoms with Gasteiger partial charge in [0.1, 0.15) is 0 Å². The van der Waals surface area contributed by atoms with Gasteiger partial charge in [0.15, 0.2) is 16.6 Å². The number of hydrogen-bond acceptors (Lipinski definition) is 4. The predicted octanol–water partition coefficient (Wildman–Crippen LogP) is 4.57. The molecule has 4 nitrogen and oxygen atoms in total. The van der Waals surface area contributed by atoms with Gasteiger partial charge in [-0.3, -0.25) is 4.99 Å². The van der Waals surface area contributed by atoms with Crippen molar-refractivity contribution in [1.29, 1.82) is 0 Å². The van der Waals surface area contributed by atoms with Crippen LogP contribution in [0.4, 0.5) is 0 Å². The van der Waals surface area contributed by atoms with Crippen LogP contribution in [0.1, 0.15) is 32.1 Å². The van der Waals surface area contributed by atoms with Gasteiger partial charge in [-0.25, -0.2) is 0 Å². The molecule has 0 heterocycles. The quantitative estimate of drug-likeness (QED) is 0.449. The third kappa shape index (κ3) is 10.8. The van der Waals surface area contributed by atoms with Gasteiger partial charge in [-0.2, -0.15) is 0 Å². The molecular formula is C15H37NO3Si4. The van der Waals surface area contributed by atoms with E-state index in [0.29, 0.717) is 6.04 Å². The van der Waals surface area contributed by atoms with Gasteiger partial charge in [-0.1, -0.05) is 19.3 Å². The van der Waals surface area contributed by atoms with Crippen LogP contribution in [-0.2, 0) is 12.3 Å². The van der Waals surface area contributed by atoms with Gasteiger partial charge in [0.05, 0.1) is 0 Å². The number of nitrogens with zero attached hydrogens (tertiary/aromatic N) is 1. The highest BCUT2D eigenvalue weighted by molar-refractivity contribution is 6.98. The van der Waals surface area contributed by atoms with Crippen molar-refractivity contribution in [2.75, 3.05) is 0 Å². The Morgan fingerprint density at radius 1 is 0.783 bits per heavy atom. The predicted molar refractivity (Wildman–Crippen MR) is 110 cm³/mol. The summed E-state index contributed by atoms with van der Waals surface area (Å²) in [6.07, 6.45) is 6.48. The van der Waals surface area contributed by atoms with E-state index in [4.69, 9.17) is 17.3 Å².